The molecule has 2 heterocycles. The largest absolute Gasteiger partial charge is 0.322 e. The quantitative estimate of drug-likeness (QED) is 0.815. The summed E-state index contributed by atoms with van der Waals surface area (Å²) in [7, 11) is 0. The zero-order chi connectivity index (χ0) is 13.0. The van der Waals surface area contributed by atoms with E-state index >= 15 is 0 Å². The van der Waals surface area contributed by atoms with Crippen LogP contribution in [0, 0.1) is 0 Å². The first-order valence-electron chi connectivity index (χ1n) is 6.40. The Labute approximate surface area is 117 Å². The first-order valence-corrected chi connectivity index (χ1v) is 8.50. The fourth-order valence-electron chi connectivity index (χ4n) is 2.20. The van der Waals surface area contributed by atoms with Crippen LogP contribution in [0.4, 0.5) is 0 Å². The van der Waals surface area contributed by atoms with Crippen LogP contribution < -0.4 is 5.32 Å². The van der Waals surface area contributed by atoms with Gasteiger partial charge >= 0.3 is 0 Å². The van der Waals surface area contributed by atoms with Crippen molar-refractivity contribution >= 4 is 29.0 Å². The van der Waals surface area contributed by atoms with E-state index in [2.05, 4.69) is 29.1 Å². The zero-order valence-electron chi connectivity index (χ0n) is 10.9. The van der Waals surface area contributed by atoms with Crippen molar-refractivity contribution in [1.29, 1.82) is 0 Å². The minimum atomic E-state index is -0.0614. The summed E-state index contributed by atoms with van der Waals surface area (Å²) in [6.45, 7) is 4.97. The Kier molecular flexibility index (Phi) is 5.09. The van der Waals surface area contributed by atoms with Crippen molar-refractivity contribution in [3.63, 3.8) is 0 Å². The number of thiophene rings is 1. The number of hydrogen-bond donors (Lipinski definition) is 1. The number of nitrogens with zero attached hydrogens (tertiary/aromatic N) is 1. The molecule has 1 N–H and O–H groups in total. The summed E-state index contributed by atoms with van der Waals surface area (Å²) in [6, 6.07) is 2.04. The Bertz CT molecular complexity index is 380. The predicted octanol–water partition coefficient (Wildman–Crippen LogP) is 2.71. The van der Waals surface area contributed by atoms with Gasteiger partial charge in [-0.25, -0.2) is 0 Å². The molecule has 5 heteroatoms. The van der Waals surface area contributed by atoms with Gasteiger partial charge in [0, 0.05) is 6.54 Å². The molecule has 1 fully saturated rings. The van der Waals surface area contributed by atoms with E-state index in [-0.39, 0.29) is 18.1 Å². The van der Waals surface area contributed by atoms with Crippen molar-refractivity contribution in [2.45, 2.75) is 32.5 Å². The second kappa shape index (κ2) is 6.59. The van der Waals surface area contributed by atoms with Gasteiger partial charge in [-0.2, -0.15) is 23.1 Å². The van der Waals surface area contributed by atoms with Gasteiger partial charge in [0.1, 0.15) is 6.17 Å². The van der Waals surface area contributed by atoms with Crippen LogP contribution in [0.25, 0.3) is 0 Å². The van der Waals surface area contributed by atoms with Crippen molar-refractivity contribution in [3.05, 3.63) is 22.4 Å². The number of hydrogen-bond acceptors (Lipinski definition) is 4. The summed E-state index contributed by atoms with van der Waals surface area (Å²) in [5, 5.41) is 7.56. The molecule has 100 valence electrons. The molecule has 0 saturated carbocycles. The lowest BCUT2D eigenvalue weighted by atomic mass is 10.2. The molecule has 18 heavy (non-hydrogen) atoms. The third-order valence-corrected chi connectivity index (χ3v) is 4.81. The molecular formula is C13H20N2OS2. The van der Waals surface area contributed by atoms with Crippen LogP contribution in [0.3, 0.4) is 0 Å². The van der Waals surface area contributed by atoms with E-state index in [1.54, 1.807) is 11.3 Å². The van der Waals surface area contributed by atoms with E-state index in [1.165, 1.54) is 5.56 Å². The van der Waals surface area contributed by atoms with Gasteiger partial charge < -0.3 is 4.90 Å². The number of rotatable bonds is 6. The van der Waals surface area contributed by atoms with Crippen LogP contribution >= 0.6 is 23.1 Å². The van der Waals surface area contributed by atoms with Gasteiger partial charge in [0.15, 0.2) is 0 Å². The predicted molar refractivity (Wildman–Crippen MR) is 79.0 cm³/mol. The Morgan fingerprint density at radius 1 is 1.56 bits per heavy atom. The molecule has 1 aromatic heterocycles. The first kappa shape index (κ1) is 13.9. The van der Waals surface area contributed by atoms with Crippen LogP contribution in [-0.2, 0) is 4.79 Å². The molecule has 1 aliphatic heterocycles. The van der Waals surface area contributed by atoms with Gasteiger partial charge in [-0.3, -0.25) is 10.1 Å². The van der Waals surface area contributed by atoms with Crippen molar-refractivity contribution < 1.29 is 4.79 Å². The van der Waals surface area contributed by atoms with Crippen LogP contribution in [0.2, 0.25) is 0 Å². The van der Waals surface area contributed by atoms with Crippen molar-refractivity contribution in [1.82, 2.24) is 10.2 Å². The van der Waals surface area contributed by atoms with Gasteiger partial charge in [0.2, 0.25) is 5.91 Å². The average Bonchev–Trinajstić information content (AvgIpc) is 2.97. The molecule has 0 spiro atoms. The van der Waals surface area contributed by atoms with E-state index in [0.717, 1.165) is 24.5 Å². The van der Waals surface area contributed by atoms with Crippen molar-refractivity contribution in [3.8, 4) is 0 Å². The maximum Gasteiger partial charge on any atom is 0.241 e. The van der Waals surface area contributed by atoms with Crippen LogP contribution in [0.1, 0.15) is 32.0 Å². The third-order valence-electron chi connectivity index (χ3n) is 3.12. The minimum Gasteiger partial charge on any atom is -0.322 e. The number of carbonyl (C=O) groups excluding carboxylic acids is 1. The number of carbonyl (C=O) groups is 1. The highest BCUT2D eigenvalue weighted by atomic mass is 32.2. The zero-order valence-corrected chi connectivity index (χ0v) is 12.5. The van der Waals surface area contributed by atoms with Gasteiger partial charge in [-0.05, 0) is 47.2 Å². The third kappa shape index (κ3) is 3.08. The second-order valence-corrected chi connectivity index (χ2v) is 6.60. The summed E-state index contributed by atoms with van der Waals surface area (Å²) in [5.41, 5.74) is 1.21. The molecule has 2 unspecified atom stereocenters. The van der Waals surface area contributed by atoms with Gasteiger partial charge in [-0.15, -0.1) is 0 Å². The van der Waals surface area contributed by atoms with Crippen LogP contribution in [0.5, 0.6) is 0 Å². The Morgan fingerprint density at radius 2 is 2.39 bits per heavy atom. The lowest BCUT2D eigenvalue weighted by Crippen LogP contribution is -2.31. The molecule has 0 radical (unpaired) electrons. The van der Waals surface area contributed by atoms with Gasteiger partial charge in [0.25, 0.3) is 0 Å². The lowest BCUT2D eigenvalue weighted by molar-refractivity contribution is -0.129. The normalized spacial score (nSPS) is 23.9. The van der Waals surface area contributed by atoms with E-state index in [4.69, 9.17) is 0 Å². The molecule has 3 nitrogen and oxygen atoms in total. The van der Waals surface area contributed by atoms with E-state index in [1.807, 2.05) is 23.6 Å². The fourth-order valence-corrected chi connectivity index (χ4v) is 3.50. The summed E-state index contributed by atoms with van der Waals surface area (Å²) >= 11 is 3.62. The summed E-state index contributed by atoms with van der Waals surface area (Å²) in [4.78, 5) is 14.1. The smallest absolute Gasteiger partial charge is 0.241 e. The highest BCUT2D eigenvalue weighted by Crippen LogP contribution is 2.27. The number of nitrogens with one attached hydrogen (secondary N) is 1. The van der Waals surface area contributed by atoms with E-state index in [9.17, 15) is 4.79 Å². The topological polar surface area (TPSA) is 32.3 Å². The molecule has 2 rings (SSSR count). The maximum absolute atomic E-state index is 12.1. The van der Waals surface area contributed by atoms with Gasteiger partial charge in [-0.1, -0.05) is 6.92 Å². The molecule has 0 aromatic carbocycles. The molecule has 0 bridgehead atoms. The molecule has 1 saturated heterocycles. The molecule has 1 aromatic rings. The van der Waals surface area contributed by atoms with E-state index < -0.39 is 0 Å². The standard InChI is InChI=1S/C13H20N2OS2/c1-3-17-7-4-6-15-12(11-5-8-18-9-11)14-10(2)13(15)16/h5,8-10,12,14H,3-4,6-7H2,1-2H3. The summed E-state index contributed by atoms with van der Waals surface area (Å²) in [5.74, 6) is 2.51. The lowest BCUT2D eigenvalue weighted by Gasteiger charge is -2.23. The highest BCUT2D eigenvalue weighted by Gasteiger charge is 2.36. The number of thioether (sulfide) groups is 1. The van der Waals surface area contributed by atoms with Crippen LogP contribution in [0.15, 0.2) is 16.8 Å². The molecule has 1 amide bonds. The molecule has 0 aliphatic carbocycles. The Morgan fingerprint density at radius 3 is 3.06 bits per heavy atom. The average molecular weight is 284 g/mol. The Hall–Kier alpha value is -0.520. The maximum atomic E-state index is 12.1. The SMILES string of the molecule is CCSCCCN1C(=O)C(C)NC1c1ccsc1. The second-order valence-electron chi connectivity index (χ2n) is 4.43. The molecule has 1 aliphatic rings. The summed E-state index contributed by atoms with van der Waals surface area (Å²) in [6.07, 6.45) is 1.14. The summed E-state index contributed by atoms with van der Waals surface area (Å²) < 4.78 is 0. The van der Waals surface area contributed by atoms with Gasteiger partial charge in [0.05, 0.1) is 6.04 Å². The minimum absolute atomic E-state index is 0.0614. The van der Waals surface area contributed by atoms with Crippen molar-refractivity contribution in [2.24, 2.45) is 0 Å². The van der Waals surface area contributed by atoms with Crippen molar-refractivity contribution in [2.75, 3.05) is 18.1 Å². The molecular weight excluding hydrogens is 264 g/mol. The molecule has 2 atom stereocenters. The number of amides is 1. The monoisotopic (exact) mass is 284 g/mol. The highest BCUT2D eigenvalue weighted by molar-refractivity contribution is 7.99. The van der Waals surface area contributed by atoms with E-state index in [0.29, 0.717) is 0 Å². The fraction of sp³-hybridized carbons (Fsp3) is 0.615. The first-order chi connectivity index (χ1) is 8.74. The Balaban J connectivity index is 1.97. The van der Waals surface area contributed by atoms with Crippen LogP contribution in [-0.4, -0.2) is 34.9 Å².